The number of hydrogen-bond donors (Lipinski definition) is 1. The van der Waals surface area contributed by atoms with E-state index < -0.39 is 28.7 Å². The third kappa shape index (κ3) is 5.28. The molecule has 0 aliphatic carbocycles. The fourth-order valence-corrected chi connectivity index (χ4v) is 10.00. The second-order valence-corrected chi connectivity index (χ2v) is 13.9. The van der Waals surface area contributed by atoms with Crippen molar-refractivity contribution in [3.63, 3.8) is 0 Å². The quantitative estimate of drug-likeness (QED) is 0.272. The number of fused-ring (bicyclic) bond motifs is 2. The average molecular weight is 624 g/mol. The van der Waals surface area contributed by atoms with Crippen molar-refractivity contribution < 1.29 is 19.5 Å². The van der Waals surface area contributed by atoms with Crippen molar-refractivity contribution in [2.24, 2.45) is 11.8 Å². The van der Waals surface area contributed by atoms with Gasteiger partial charge in [0.15, 0.2) is 0 Å². The minimum absolute atomic E-state index is 0.0604. The summed E-state index contributed by atoms with van der Waals surface area (Å²) in [5.74, 6) is -1.66. The molecule has 3 heterocycles. The van der Waals surface area contributed by atoms with E-state index >= 15 is 0 Å². The molecule has 2 unspecified atom stereocenters. The number of hydrogen-bond acceptors (Lipinski definition) is 5. The second kappa shape index (κ2) is 12.9. The Morgan fingerprint density at radius 3 is 2.42 bits per heavy atom. The van der Waals surface area contributed by atoms with Crippen molar-refractivity contribution >= 4 is 45.9 Å². The molecule has 7 nitrogen and oxygen atoms in total. The van der Waals surface area contributed by atoms with E-state index in [1.54, 1.807) is 38.6 Å². The molecule has 3 aliphatic heterocycles. The van der Waals surface area contributed by atoms with Crippen LogP contribution >= 0.6 is 11.8 Å². The summed E-state index contributed by atoms with van der Waals surface area (Å²) in [6.07, 6.45) is 5.34. The molecular weight excluding hydrogens is 582 g/mol. The Morgan fingerprint density at radius 2 is 1.73 bits per heavy atom. The number of carbonyl (C=O) groups is 3. The Hall–Kier alpha value is -3.88. The predicted octanol–water partition coefficient (Wildman–Crippen LogP) is 5.44. The molecule has 3 aromatic carbocycles. The molecule has 3 aliphatic rings. The highest BCUT2D eigenvalue weighted by Gasteiger charge is 2.74. The van der Waals surface area contributed by atoms with Gasteiger partial charge in [-0.2, -0.15) is 0 Å². The van der Waals surface area contributed by atoms with Gasteiger partial charge >= 0.3 is 0 Å². The van der Waals surface area contributed by atoms with Gasteiger partial charge in [-0.25, -0.2) is 0 Å². The maximum atomic E-state index is 14.9. The predicted molar refractivity (Wildman–Crippen MR) is 181 cm³/mol. The fraction of sp³-hybridized carbons (Fsp3) is 0.378. The van der Waals surface area contributed by atoms with E-state index in [9.17, 15) is 19.5 Å². The van der Waals surface area contributed by atoms with E-state index in [4.69, 9.17) is 0 Å². The Kier molecular flexibility index (Phi) is 8.89. The molecule has 0 saturated carbocycles. The smallest absolute Gasteiger partial charge is 0.251 e. The minimum Gasteiger partial charge on any atom is -0.394 e. The molecule has 0 aromatic heterocycles. The Morgan fingerprint density at radius 1 is 1.02 bits per heavy atom. The van der Waals surface area contributed by atoms with Crippen molar-refractivity contribution in [1.29, 1.82) is 0 Å². The van der Waals surface area contributed by atoms with Crippen molar-refractivity contribution in [3.8, 4) is 0 Å². The molecule has 8 heteroatoms. The highest BCUT2D eigenvalue weighted by Crippen LogP contribution is 2.67. The molecule has 45 heavy (non-hydrogen) atoms. The first-order chi connectivity index (χ1) is 21.9. The number of nitrogens with zero attached hydrogens (tertiary/aromatic N) is 3. The Balaban J connectivity index is 1.40. The van der Waals surface area contributed by atoms with E-state index in [-0.39, 0.29) is 36.1 Å². The molecule has 6 rings (SSSR count). The van der Waals surface area contributed by atoms with Gasteiger partial charge in [0.1, 0.15) is 6.04 Å². The molecule has 3 fully saturated rings. The lowest BCUT2D eigenvalue weighted by Gasteiger charge is -2.39. The maximum absolute atomic E-state index is 14.9. The van der Waals surface area contributed by atoms with Crippen molar-refractivity contribution in [3.05, 3.63) is 104 Å². The van der Waals surface area contributed by atoms with Gasteiger partial charge in [-0.1, -0.05) is 79.7 Å². The highest BCUT2D eigenvalue weighted by molar-refractivity contribution is 8.02. The lowest BCUT2D eigenvalue weighted by molar-refractivity contribution is -0.145. The number of benzene rings is 3. The number of carbonyl (C=O) groups excluding carboxylic acids is 3. The van der Waals surface area contributed by atoms with Crippen LogP contribution in [-0.2, 0) is 20.9 Å². The van der Waals surface area contributed by atoms with Gasteiger partial charge in [0.2, 0.25) is 11.8 Å². The zero-order valence-electron chi connectivity index (χ0n) is 25.8. The summed E-state index contributed by atoms with van der Waals surface area (Å²) in [7, 11) is 0. The van der Waals surface area contributed by atoms with Crippen molar-refractivity contribution in [1.82, 2.24) is 9.80 Å². The summed E-state index contributed by atoms with van der Waals surface area (Å²) in [6, 6.07) is 22.4. The number of rotatable bonds is 12. The van der Waals surface area contributed by atoms with Crippen LogP contribution in [0.3, 0.4) is 0 Å². The van der Waals surface area contributed by atoms with Crippen molar-refractivity contribution in [2.75, 3.05) is 24.6 Å². The molecule has 3 saturated heterocycles. The van der Waals surface area contributed by atoms with Gasteiger partial charge in [0.05, 0.1) is 29.2 Å². The lowest BCUT2D eigenvalue weighted by atomic mass is 9.70. The van der Waals surface area contributed by atoms with Gasteiger partial charge in [0.25, 0.3) is 5.91 Å². The van der Waals surface area contributed by atoms with Crippen LogP contribution < -0.4 is 4.90 Å². The van der Waals surface area contributed by atoms with Crippen LogP contribution in [0.5, 0.6) is 0 Å². The number of likely N-dealkylation sites (tertiary alicyclic amines) is 1. The van der Waals surface area contributed by atoms with Crippen LogP contribution in [0.25, 0.3) is 10.8 Å². The number of aliphatic hydroxyl groups is 1. The monoisotopic (exact) mass is 623 g/mol. The molecule has 0 radical (unpaired) electrons. The van der Waals surface area contributed by atoms with E-state index in [2.05, 4.69) is 13.2 Å². The fourth-order valence-electron chi connectivity index (χ4n) is 7.81. The van der Waals surface area contributed by atoms with Crippen LogP contribution in [0, 0.1) is 11.8 Å². The highest BCUT2D eigenvalue weighted by atomic mass is 32.2. The summed E-state index contributed by atoms with van der Waals surface area (Å²) < 4.78 is -0.759. The van der Waals surface area contributed by atoms with Crippen LogP contribution in [0.4, 0.5) is 5.69 Å². The number of amides is 3. The van der Waals surface area contributed by atoms with Gasteiger partial charge in [0, 0.05) is 30.6 Å². The number of aliphatic hydroxyl groups excluding tert-OH is 1. The lowest BCUT2D eigenvalue weighted by Crippen LogP contribution is -2.57. The summed E-state index contributed by atoms with van der Waals surface area (Å²) in [5, 5.41) is 12.5. The van der Waals surface area contributed by atoms with Crippen LogP contribution in [-0.4, -0.2) is 74.4 Å². The molecule has 3 amide bonds. The first kappa shape index (κ1) is 31.1. The normalized spacial score (nSPS) is 25.6. The molecule has 6 atom stereocenters. The minimum atomic E-state index is -0.812. The van der Waals surface area contributed by atoms with E-state index in [1.807, 2.05) is 79.7 Å². The van der Waals surface area contributed by atoms with Crippen LogP contribution in [0.15, 0.2) is 98.1 Å². The first-order valence-corrected chi connectivity index (χ1v) is 16.7. The zero-order valence-corrected chi connectivity index (χ0v) is 26.6. The van der Waals surface area contributed by atoms with Crippen molar-refractivity contribution in [2.45, 2.75) is 54.8 Å². The maximum Gasteiger partial charge on any atom is 0.251 e. The van der Waals surface area contributed by atoms with Crippen LogP contribution in [0.2, 0.25) is 0 Å². The second-order valence-electron chi connectivity index (χ2n) is 12.3. The molecule has 3 aromatic rings. The third-order valence-electron chi connectivity index (χ3n) is 9.83. The Bertz CT molecular complexity index is 1610. The van der Waals surface area contributed by atoms with E-state index in [1.165, 1.54) is 0 Å². The first-order valence-electron chi connectivity index (χ1n) is 15.8. The summed E-state index contributed by atoms with van der Waals surface area (Å²) in [4.78, 5) is 49.1. The average Bonchev–Trinajstić information content (AvgIpc) is 3.71. The zero-order chi connectivity index (χ0) is 31.7. The molecule has 2 bridgehead atoms. The summed E-state index contributed by atoms with van der Waals surface area (Å²) in [6.45, 7) is 10.6. The van der Waals surface area contributed by atoms with Gasteiger partial charge in [-0.15, -0.1) is 24.9 Å². The van der Waals surface area contributed by atoms with Gasteiger partial charge in [-0.3, -0.25) is 14.4 Å². The number of anilines is 1. The molecule has 1 spiro atoms. The third-order valence-corrected chi connectivity index (χ3v) is 11.8. The number of thioether (sulfide) groups is 1. The Labute approximate surface area is 269 Å². The van der Waals surface area contributed by atoms with Gasteiger partial charge < -0.3 is 19.8 Å². The molecule has 234 valence electrons. The topological polar surface area (TPSA) is 81.2 Å². The largest absolute Gasteiger partial charge is 0.394 e. The van der Waals surface area contributed by atoms with Gasteiger partial charge in [-0.05, 0) is 47.7 Å². The van der Waals surface area contributed by atoms with E-state index in [0.29, 0.717) is 25.9 Å². The summed E-state index contributed by atoms with van der Waals surface area (Å²) >= 11 is 1.65. The van der Waals surface area contributed by atoms with E-state index in [0.717, 1.165) is 28.4 Å². The summed E-state index contributed by atoms with van der Waals surface area (Å²) in [5.41, 5.74) is 1.74. The van der Waals surface area contributed by atoms with Crippen LogP contribution in [0.1, 0.15) is 31.7 Å². The standard InChI is InChI=1S/C37H41N3O4S/c1-4-20-38(23-25-12-8-7-9-13-25)34(42)31-30-18-19-37(45-30)32(31)35(43)40(28(6-3)24-41)33(37)36(44)39(21-5-2)29-17-16-26-14-10-11-15-27(26)22-29/h4-5,7-17,22,28,30-33,41H,1-2,6,18-21,23-24H2,3H3/t28-,30-,31+,32-,33?,37?/m0/s1. The SMILES string of the molecule is C=CCN(Cc1ccccc1)C(=O)[C@@H]1[C@@H]2CCC3(S2)C(C(=O)N(CC=C)c2ccc4ccccc4c2)N([C@@H](CC)CO)C(=O)[C@H]13. The molecular formula is C37H41N3O4S. The molecule has 1 N–H and O–H groups in total.